The average Bonchev–Trinajstić information content (AvgIpc) is 3.14. The summed E-state index contributed by atoms with van der Waals surface area (Å²) in [6.07, 6.45) is 7.61. The molecule has 9 nitrogen and oxygen atoms in total. The minimum absolute atomic E-state index is 0.0361. The number of hydrogen-bond donors (Lipinski definition) is 3. The third-order valence-electron chi connectivity index (χ3n) is 17.3. The highest BCUT2D eigenvalue weighted by Crippen LogP contribution is 2.66. The lowest BCUT2D eigenvalue weighted by molar-refractivity contribution is -0.110. The van der Waals surface area contributed by atoms with Crippen molar-refractivity contribution in [2.24, 2.45) is 71.0 Å². The number of benzene rings is 2. The predicted molar refractivity (Wildman–Crippen MR) is 192 cm³/mol. The summed E-state index contributed by atoms with van der Waals surface area (Å²) in [4.78, 5) is -2.80. The van der Waals surface area contributed by atoms with E-state index >= 15 is 26.0 Å². The minimum atomic E-state index is -6.07. The lowest BCUT2D eigenvalue weighted by Gasteiger charge is -2.59. The lowest BCUT2D eigenvalue weighted by Crippen LogP contribution is -2.54. The van der Waals surface area contributed by atoms with Crippen LogP contribution in [0.3, 0.4) is 0 Å². The fraction of sp³-hybridized carbons (Fsp3) is 0.714. The van der Waals surface area contributed by atoms with E-state index in [-0.39, 0.29) is 64.1 Å². The predicted octanol–water partition coefficient (Wildman–Crippen LogP) is 6.45. The van der Waals surface area contributed by atoms with Gasteiger partial charge in [0.25, 0.3) is 0 Å². The second-order valence-electron chi connectivity index (χ2n) is 20.0. The third kappa shape index (κ3) is 5.42. The van der Waals surface area contributed by atoms with Crippen LogP contribution in [0.5, 0.6) is 5.75 Å². The van der Waals surface area contributed by atoms with Gasteiger partial charge in [-0.1, -0.05) is 12.1 Å². The SMILES string of the molecule is O=S(=O)([O-])c1c(F)c(F)c(OS(=O)(=O)c2c(C3C4CC5CC(C4)C(O)C3C5)cc(C3C4CC5CC(C4)C(O)C3C5)cc2C2C3CC4CC(C3)C(O)C2C4)c(F)c1F. The molecule has 0 heterocycles. The molecule has 0 amide bonds. The van der Waals surface area contributed by atoms with Gasteiger partial charge >= 0.3 is 10.1 Å². The molecule has 310 valence electrons. The first kappa shape index (κ1) is 37.7. The van der Waals surface area contributed by atoms with E-state index in [1.807, 2.05) is 12.1 Å². The molecule has 12 aliphatic rings. The van der Waals surface area contributed by atoms with Gasteiger partial charge in [-0.15, -0.1) is 0 Å². The summed E-state index contributed by atoms with van der Waals surface area (Å²) in [6, 6.07) is 3.71. The van der Waals surface area contributed by atoms with E-state index < -0.39 is 84.3 Å². The molecule has 2 aromatic rings. The lowest BCUT2D eigenvalue weighted by atomic mass is 9.47. The van der Waals surface area contributed by atoms with Crippen molar-refractivity contribution in [2.45, 2.75) is 123 Å². The zero-order valence-electron chi connectivity index (χ0n) is 31.2. The molecule has 2 aromatic carbocycles. The molecular formula is C42H47F4O9S2-. The van der Waals surface area contributed by atoms with Gasteiger partial charge in [-0.05, 0) is 183 Å². The Bertz CT molecular complexity index is 2190. The second kappa shape index (κ2) is 12.6. The first-order chi connectivity index (χ1) is 27.0. The van der Waals surface area contributed by atoms with Crippen molar-refractivity contribution in [1.82, 2.24) is 0 Å². The molecule has 14 rings (SSSR count). The summed E-state index contributed by atoms with van der Waals surface area (Å²) in [6.45, 7) is 0. The maximum atomic E-state index is 15.6. The summed E-state index contributed by atoms with van der Waals surface area (Å²) >= 11 is 0. The van der Waals surface area contributed by atoms with Gasteiger partial charge in [0.1, 0.15) is 19.9 Å². The molecule has 12 aliphatic carbocycles. The van der Waals surface area contributed by atoms with Gasteiger partial charge in [0, 0.05) is 0 Å². The Morgan fingerprint density at radius 3 is 1.28 bits per heavy atom. The molecule has 12 bridgehead atoms. The Morgan fingerprint density at radius 2 is 0.877 bits per heavy atom. The van der Waals surface area contributed by atoms with Crippen LogP contribution < -0.4 is 4.18 Å². The maximum absolute atomic E-state index is 15.6. The highest BCUT2D eigenvalue weighted by atomic mass is 32.2. The van der Waals surface area contributed by atoms with Crippen LogP contribution in [0.15, 0.2) is 21.9 Å². The van der Waals surface area contributed by atoms with E-state index in [9.17, 15) is 28.3 Å². The summed E-state index contributed by atoms with van der Waals surface area (Å²) < 4.78 is 132. The smallest absolute Gasteiger partial charge is 0.339 e. The second-order valence-corrected chi connectivity index (χ2v) is 22.8. The van der Waals surface area contributed by atoms with Gasteiger partial charge in [0.2, 0.25) is 17.4 Å². The average molecular weight is 836 g/mol. The van der Waals surface area contributed by atoms with E-state index in [0.29, 0.717) is 54.6 Å². The normalized spacial score (nSPS) is 45.0. The van der Waals surface area contributed by atoms with E-state index in [1.54, 1.807) is 0 Å². The first-order valence-electron chi connectivity index (χ1n) is 21.0. The van der Waals surface area contributed by atoms with Gasteiger partial charge in [0.15, 0.2) is 11.6 Å². The third-order valence-corrected chi connectivity index (χ3v) is 19.5. The highest BCUT2D eigenvalue weighted by molar-refractivity contribution is 7.87. The molecule has 0 saturated heterocycles. The summed E-state index contributed by atoms with van der Waals surface area (Å²) in [7, 11) is -11.5. The largest absolute Gasteiger partial charge is 0.744 e. The molecule has 18 unspecified atom stereocenters. The molecule has 0 radical (unpaired) electrons. The van der Waals surface area contributed by atoms with E-state index in [2.05, 4.69) is 0 Å². The standard InChI is InChI=1S/C42H48F4O9S2/c43-33-35(45)42(56(50,51)52)36(46)34(44)40(33)55-57(53,54)41-28(31-19-2-16-5-23(11-19)38(48)26(31)8-16)13-21(30-18-1-15-4-22(10-18)37(47)25(30)7-15)14-29(41)32-20-3-17-6-24(12-20)39(49)27(32)9-17/h13-20,22-27,30-32,37-39,47-49H,1-12H2,(H,50,51,52)/p-1. The quantitative estimate of drug-likeness (QED) is 0.123. The molecule has 0 spiro atoms. The first-order valence-corrected chi connectivity index (χ1v) is 23.8. The number of halogens is 4. The van der Waals surface area contributed by atoms with Gasteiger partial charge in [-0.2, -0.15) is 17.2 Å². The van der Waals surface area contributed by atoms with Gasteiger partial charge in [0.05, 0.1) is 18.3 Å². The Kier molecular flexibility index (Phi) is 8.34. The van der Waals surface area contributed by atoms with Crippen LogP contribution in [0, 0.1) is 94.3 Å². The van der Waals surface area contributed by atoms with E-state index in [0.717, 1.165) is 56.9 Å². The maximum Gasteiger partial charge on any atom is 0.339 e. The molecule has 3 N–H and O–H groups in total. The van der Waals surface area contributed by atoms with Crippen molar-refractivity contribution in [1.29, 1.82) is 0 Å². The summed E-state index contributed by atoms with van der Waals surface area (Å²) in [5.41, 5.74) is 1.50. The van der Waals surface area contributed by atoms with Crippen LogP contribution in [-0.2, 0) is 20.2 Å². The molecule has 15 heteroatoms. The van der Waals surface area contributed by atoms with Gasteiger partial charge in [-0.3, -0.25) is 0 Å². The number of rotatable bonds is 7. The molecule has 0 aliphatic heterocycles. The van der Waals surface area contributed by atoms with Crippen molar-refractivity contribution < 1.29 is 58.5 Å². The summed E-state index contributed by atoms with van der Waals surface area (Å²) in [5, 5.41) is 35.1. The fourth-order valence-corrected chi connectivity index (χ4v) is 17.9. The molecular weight excluding hydrogens is 789 g/mol. The van der Waals surface area contributed by atoms with Crippen LogP contribution in [0.1, 0.15) is 111 Å². The number of aliphatic hydroxyl groups excluding tert-OH is 3. The zero-order valence-corrected chi connectivity index (χ0v) is 32.8. The van der Waals surface area contributed by atoms with Crippen LogP contribution in [0.25, 0.3) is 0 Å². The molecule has 57 heavy (non-hydrogen) atoms. The Balaban J connectivity index is 1.15. The van der Waals surface area contributed by atoms with Crippen LogP contribution in [0.4, 0.5) is 17.6 Å². The molecule has 0 aromatic heterocycles. The topological polar surface area (TPSA) is 161 Å². The Hall–Kier alpha value is -2.30. The van der Waals surface area contributed by atoms with Crippen molar-refractivity contribution >= 4 is 20.2 Å². The van der Waals surface area contributed by atoms with Crippen LogP contribution in [-0.4, -0.2) is 55.0 Å². The van der Waals surface area contributed by atoms with Crippen molar-refractivity contribution in [3.8, 4) is 5.75 Å². The minimum Gasteiger partial charge on any atom is -0.744 e. The van der Waals surface area contributed by atoms with E-state index in [1.165, 1.54) is 0 Å². The monoisotopic (exact) mass is 835 g/mol. The number of hydrogen-bond acceptors (Lipinski definition) is 9. The van der Waals surface area contributed by atoms with Gasteiger partial charge < -0.3 is 24.1 Å². The number of aliphatic hydroxyl groups is 3. The Labute approximate surface area is 329 Å². The molecule has 18 atom stereocenters. The van der Waals surface area contributed by atoms with E-state index in [4.69, 9.17) is 4.18 Å². The fourth-order valence-electron chi connectivity index (χ4n) is 15.8. The zero-order chi connectivity index (χ0) is 39.8. The van der Waals surface area contributed by atoms with Gasteiger partial charge in [-0.25, -0.2) is 17.2 Å². The highest BCUT2D eigenvalue weighted by Gasteiger charge is 2.59. The van der Waals surface area contributed by atoms with Crippen molar-refractivity contribution in [3.05, 3.63) is 52.1 Å². The molecule has 12 fully saturated rings. The Morgan fingerprint density at radius 1 is 0.509 bits per heavy atom. The van der Waals surface area contributed by atoms with Crippen molar-refractivity contribution in [2.75, 3.05) is 0 Å². The summed E-state index contributed by atoms with van der Waals surface area (Å²) in [5.74, 6) is -12.4. The van der Waals surface area contributed by atoms with Crippen LogP contribution in [0.2, 0.25) is 0 Å². The van der Waals surface area contributed by atoms with Crippen LogP contribution >= 0.6 is 0 Å². The van der Waals surface area contributed by atoms with Crippen molar-refractivity contribution in [3.63, 3.8) is 0 Å². The molecule has 12 saturated carbocycles.